The highest BCUT2D eigenvalue weighted by atomic mass is 16.4. The van der Waals surface area contributed by atoms with Crippen LogP contribution in [0.25, 0.3) is 0 Å². The molecular formula is C3H6BN3O2. The van der Waals surface area contributed by atoms with Crippen LogP contribution in [0.5, 0.6) is 0 Å². The molecule has 0 saturated heterocycles. The third-order valence-electron chi connectivity index (χ3n) is 0.799. The van der Waals surface area contributed by atoms with Crippen molar-refractivity contribution in [3.63, 3.8) is 0 Å². The van der Waals surface area contributed by atoms with Gasteiger partial charge in [-0.05, 0) is 6.08 Å². The van der Waals surface area contributed by atoms with Crippen molar-refractivity contribution in [1.82, 2.24) is 10.5 Å². The predicted octanol–water partition coefficient (Wildman–Crippen LogP) is -1.72. The van der Waals surface area contributed by atoms with E-state index in [1.807, 2.05) is 0 Å². The van der Waals surface area contributed by atoms with Crippen LogP contribution < -0.4 is 5.43 Å². The highest BCUT2D eigenvalue weighted by Crippen LogP contribution is 1.87. The van der Waals surface area contributed by atoms with Crippen LogP contribution in [0, 0.1) is 0 Å². The average molecular weight is 127 g/mol. The first-order valence-corrected chi connectivity index (χ1v) is 2.41. The minimum atomic E-state index is -1.59. The number of hydrazone groups is 1. The molecule has 1 aliphatic heterocycles. The maximum Gasteiger partial charge on any atom is 0.625 e. The van der Waals surface area contributed by atoms with Crippen LogP contribution in [0.3, 0.4) is 0 Å². The summed E-state index contributed by atoms with van der Waals surface area (Å²) in [6.07, 6.45) is 4.61. The zero-order valence-corrected chi connectivity index (χ0v) is 4.60. The summed E-state index contributed by atoms with van der Waals surface area (Å²) < 4.78 is 0. The molecule has 1 heterocycles. The Morgan fingerprint density at radius 2 is 2.33 bits per heavy atom. The maximum atomic E-state index is 8.45. The molecule has 0 aliphatic carbocycles. The molecule has 9 heavy (non-hydrogen) atoms. The van der Waals surface area contributed by atoms with Crippen LogP contribution >= 0.6 is 0 Å². The Bertz CT molecular complexity index is 146. The second kappa shape index (κ2) is 2.52. The molecule has 5 nitrogen and oxygen atoms in total. The van der Waals surface area contributed by atoms with Gasteiger partial charge in [-0.15, -0.1) is 0 Å². The van der Waals surface area contributed by atoms with Crippen molar-refractivity contribution >= 4 is 13.5 Å². The number of rotatable bonds is 1. The molecule has 0 bridgehead atoms. The van der Waals surface area contributed by atoms with E-state index >= 15 is 0 Å². The van der Waals surface area contributed by atoms with E-state index in [-0.39, 0.29) is 0 Å². The number of nitrogens with one attached hydrogen (secondary N) is 1. The fourth-order valence-electron chi connectivity index (χ4n) is 0.432. The summed E-state index contributed by atoms with van der Waals surface area (Å²) in [5.41, 5.74) is 2.47. The highest BCUT2D eigenvalue weighted by molar-refractivity contribution is 6.37. The van der Waals surface area contributed by atoms with Crippen LogP contribution in [-0.2, 0) is 0 Å². The first kappa shape index (κ1) is 6.12. The van der Waals surface area contributed by atoms with Crippen molar-refractivity contribution in [2.75, 3.05) is 0 Å². The number of allylic oxidation sites excluding steroid dienone is 1. The molecule has 0 unspecified atom stereocenters. The van der Waals surface area contributed by atoms with Crippen LogP contribution in [0.15, 0.2) is 17.4 Å². The van der Waals surface area contributed by atoms with Crippen LogP contribution in [0.4, 0.5) is 0 Å². The van der Waals surface area contributed by atoms with Gasteiger partial charge in [-0.25, -0.2) is 0 Å². The van der Waals surface area contributed by atoms with Gasteiger partial charge in [0.2, 0.25) is 0 Å². The molecule has 0 amide bonds. The van der Waals surface area contributed by atoms with Gasteiger partial charge >= 0.3 is 7.25 Å². The smallest absolute Gasteiger partial charge is 0.406 e. The van der Waals surface area contributed by atoms with Gasteiger partial charge < -0.3 is 10.0 Å². The topological polar surface area (TPSA) is 68.1 Å². The molecule has 0 atom stereocenters. The summed E-state index contributed by atoms with van der Waals surface area (Å²) in [7, 11) is -1.59. The third kappa shape index (κ3) is 1.44. The number of nitrogens with zero attached hydrogens (tertiary/aromatic N) is 2. The molecule has 48 valence electrons. The fraction of sp³-hybridized carbons (Fsp3) is 0. The van der Waals surface area contributed by atoms with Crippen LogP contribution in [0.2, 0.25) is 0 Å². The van der Waals surface area contributed by atoms with E-state index < -0.39 is 7.25 Å². The Hall–Kier alpha value is -1.01. The predicted molar refractivity (Wildman–Crippen MR) is 32.8 cm³/mol. The molecule has 0 spiro atoms. The van der Waals surface area contributed by atoms with Gasteiger partial charge in [0.05, 0.1) is 0 Å². The minimum absolute atomic E-state index is 0.903. The molecule has 3 N–H and O–H groups in total. The van der Waals surface area contributed by atoms with E-state index in [2.05, 4.69) is 10.5 Å². The first-order valence-electron chi connectivity index (χ1n) is 2.41. The number of hydrogen-bond donors (Lipinski definition) is 3. The van der Waals surface area contributed by atoms with Crippen LogP contribution in [0.1, 0.15) is 0 Å². The number of hydrazine groups is 1. The molecule has 1 aliphatic rings. The van der Waals surface area contributed by atoms with Gasteiger partial charge in [0, 0.05) is 12.4 Å². The fourth-order valence-corrected chi connectivity index (χ4v) is 0.432. The van der Waals surface area contributed by atoms with Crippen molar-refractivity contribution in [2.45, 2.75) is 0 Å². The molecule has 0 radical (unpaired) electrons. The van der Waals surface area contributed by atoms with E-state index in [0.717, 1.165) is 5.03 Å². The Morgan fingerprint density at radius 1 is 1.56 bits per heavy atom. The van der Waals surface area contributed by atoms with Gasteiger partial charge in [-0.1, -0.05) is 0 Å². The Labute approximate surface area is 52.4 Å². The van der Waals surface area contributed by atoms with E-state index in [1.54, 1.807) is 6.08 Å². The van der Waals surface area contributed by atoms with Crippen molar-refractivity contribution in [1.29, 1.82) is 0 Å². The summed E-state index contributed by atoms with van der Waals surface area (Å²) in [5, 5.41) is 21.3. The normalized spacial score (nSPS) is 15.6. The molecule has 0 aromatic rings. The SMILES string of the molecule is OB(O)N1N=CC=CN1. The standard InChI is InChI=1S/C3H6BN3O2/c8-4(9)7-5-2-1-3-6-7/h1-3,5,8-9H. The molecule has 6 heteroatoms. The quantitative estimate of drug-likeness (QED) is 0.366. The summed E-state index contributed by atoms with van der Waals surface area (Å²) in [6.45, 7) is 0. The lowest BCUT2D eigenvalue weighted by molar-refractivity contribution is 0.244. The maximum absolute atomic E-state index is 8.45. The van der Waals surface area contributed by atoms with Gasteiger partial charge in [-0.2, -0.15) is 10.1 Å². The average Bonchev–Trinajstić information content (AvgIpc) is 1.90. The minimum Gasteiger partial charge on any atom is -0.406 e. The Kier molecular flexibility index (Phi) is 1.71. The Morgan fingerprint density at radius 3 is 2.67 bits per heavy atom. The summed E-state index contributed by atoms with van der Waals surface area (Å²) >= 11 is 0. The van der Waals surface area contributed by atoms with E-state index in [1.165, 1.54) is 12.4 Å². The van der Waals surface area contributed by atoms with Crippen molar-refractivity contribution in [3.8, 4) is 0 Å². The lowest BCUT2D eigenvalue weighted by Gasteiger charge is -2.18. The molecule has 0 aromatic carbocycles. The number of hydrogen-bond acceptors (Lipinski definition) is 5. The zero-order valence-electron chi connectivity index (χ0n) is 4.60. The van der Waals surface area contributed by atoms with Crippen molar-refractivity contribution < 1.29 is 10.0 Å². The highest BCUT2D eigenvalue weighted by Gasteiger charge is 2.17. The summed E-state index contributed by atoms with van der Waals surface area (Å²) in [5.74, 6) is 0. The van der Waals surface area contributed by atoms with E-state index in [9.17, 15) is 0 Å². The van der Waals surface area contributed by atoms with Gasteiger partial charge in [-0.3, -0.25) is 5.43 Å². The van der Waals surface area contributed by atoms with Crippen molar-refractivity contribution in [2.24, 2.45) is 5.10 Å². The van der Waals surface area contributed by atoms with Gasteiger partial charge in [0.1, 0.15) is 0 Å². The molecule has 0 aromatic heterocycles. The zero-order chi connectivity index (χ0) is 6.69. The Balaban J connectivity index is 2.46. The van der Waals surface area contributed by atoms with Crippen LogP contribution in [-0.4, -0.2) is 28.5 Å². The lowest BCUT2D eigenvalue weighted by Crippen LogP contribution is -2.44. The second-order valence-corrected chi connectivity index (χ2v) is 1.44. The largest absolute Gasteiger partial charge is 0.625 e. The first-order chi connectivity index (χ1) is 4.30. The third-order valence-corrected chi connectivity index (χ3v) is 0.799. The van der Waals surface area contributed by atoms with Crippen molar-refractivity contribution in [3.05, 3.63) is 12.3 Å². The summed E-state index contributed by atoms with van der Waals surface area (Å²) in [4.78, 5) is 0. The molecule has 1 rings (SSSR count). The second-order valence-electron chi connectivity index (χ2n) is 1.44. The van der Waals surface area contributed by atoms with Gasteiger partial charge in [0.25, 0.3) is 0 Å². The van der Waals surface area contributed by atoms with E-state index in [0.29, 0.717) is 0 Å². The van der Waals surface area contributed by atoms with E-state index in [4.69, 9.17) is 10.0 Å². The lowest BCUT2D eigenvalue weighted by atomic mass is 10.2. The van der Waals surface area contributed by atoms with Gasteiger partial charge in [0.15, 0.2) is 0 Å². The molecular weight excluding hydrogens is 121 g/mol. The summed E-state index contributed by atoms with van der Waals surface area (Å²) in [6, 6.07) is 0. The monoisotopic (exact) mass is 127 g/mol. The molecule has 0 fully saturated rings. The molecule has 0 saturated carbocycles.